The van der Waals surface area contributed by atoms with Gasteiger partial charge in [0.1, 0.15) is 0 Å². The normalized spacial score (nSPS) is 14.1. The standard InChI is InChI=1S/C16H18ClNO/c1-11-3-2-4-13(9-11)15(10-18)16(19)12-5-7-14(17)8-6-12/h2-9,15-16,19H,10,18H2,1H3. The lowest BCUT2D eigenvalue weighted by Gasteiger charge is -2.22. The third kappa shape index (κ3) is 3.35. The van der Waals surface area contributed by atoms with Gasteiger partial charge in [0.05, 0.1) is 6.10 Å². The fourth-order valence-electron chi connectivity index (χ4n) is 2.24. The molecule has 2 nitrogen and oxygen atoms in total. The molecule has 100 valence electrons. The summed E-state index contributed by atoms with van der Waals surface area (Å²) in [5.41, 5.74) is 8.90. The average molecular weight is 276 g/mol. The molecule has 0 saturated carbocycles. The molecule has 0 radical (unpaired) electrons. The molecule has 2 rings (SSSR count). The Hall–Kier alpha value is -1.35. The number of aliphatic hydroxyl groups is 1. The van der Waals surface area contributed by atoms with E-state index in [-0.39, 0.29) is 5.92 Å². The van der Waals surface area contributed by atoms with Gasteiger partial charge in [-0.2, -0.15) is 0 Å². The molecule has 0 aliphatic heterocycles. The van der Waals surface area contributed by atoms with E-state index in [1.807, 2.05) is 37.3 Å². The first-order chi connectivity index (χ1) is 9.11. The van der Waals surface area contributed by atoms with E-state index in [1.54, 1.807) is 12.1 Å². The van der Waals surface area contributed by atoms with Gasteiger partial charge in [-0.3, -0.25) is 0 Å². The van der Waals surface area contributed by atoms with E-state index in [4.69, 9.17) is 17.3 Å². The third-order valence-electron chi connectivity index (χ3n) is 3.32. The van der Waals surface area contributed by atoms with E-state index in [9.17, 15) is 5.11 Å². The van der Waals surface area contributed by atoms with Crippen LogP contribution >= 0.6 is 11.6 Å². The molecule has 0 aliphatic carbocycles. The summed E-state index contributed by atoms with van der Waals surface area (Å²) in [4.78, 5) is 0. The van der Waals surface area contributed by atoms with E-state index >= 15 is 0 Å². The lowest BCUT2D eigenvalue weighted by molar-refractivity contribution is 0.147. The molecule has 0 heterocycles. The van der Waals surface area contributed by atoms with Crippen molar-refractivity contribution >= 4 is 11.6 Å². The second kappa shape index (κ2) is 6.20. The maximum Gasteiger partial charge on any atom is 0.0870 e. The molecule has 0 bridgehead atoms. The SMILES string of the molecule is Cc1cccc(C(CN)C(O)c2ccc(Cl)cc2)c1. The lowest BCUT2D eigenvalue weighted by Crippen LogP contribution is -2.20. The van der Waals surface area contributed by atoms with E-state index in [0.29, 0.717) is 11.6 Å². The summed E-state index contributed by atoms with van der Waals surface area (Å²) < 4.78 is 0. The molecule has 0 fully saturated rings. The van der Waals surface area contributed by atoms with E-state index in [2.05, 4.69) is 6.07 Å². The first-order valence-corrected chi connectivity index (χ1v) is 6.70. The van der Waals surface area contributed by atoms with E-state index in [0.717, 1.165) is 11.1 Å². The van der Waals surface area contributed by atoms with Gasteiger partial charge in [-0.15, -0.1) is 0 Å². The minimum atomic E-state index is -0.621. The van der Waals surface area contributed by atoms with Crippen LogP contribution in [-0.2, 0) is 0 Å². The Kier molecular flexibility index (Phi) is 4.59. The van der Waals surface area contributed by atoms with Crippen molar-refractivity contribution in [1.82, 2.24) is 0 Å². The van der Waals surface area contributed by atoms with Gasteiger partial charge >= 0.3 is 0 Å². The molecule has 0 aliphatic rings. The molecular formula is C16H18ClNO. The van der Waals surface area contributed by atoms with Gasteiger partial charge in [-0.25, -0.2) is 0 Å². The van der Waals surface area contributed by atoms with Crippen LogP contribution in [0.1, 0.15) is 28.7 Å². The zero-order valence-electron chi connectivity index (χ0n) is 10.9. The molecular weight excluding hydrogens is 258 g/mol. The molecule has 2 atom stereocenters. The van der Waals surface area contributed by atoms with Crippen LogP contribution < -0.4 is 5.73 Å². The van der Waals surface area contributed by atoms with Gasteiger partial charge < -0.3 is 10.8 Å². The van der Waals surface area contributed by atoms with Gasteiger partial charge in [0, 0.05) is 17.5 Å². The highest BCUT2D eigenvalue weighted by Gasteiger charge is 2.21. The Morgan fingerprint density at radius 1 is 1.11 bits per heavy atom. The van der Waals surface area contributed by atoms with Crippen LogP contribution in [0.25, 0.3) is 0 Å². The summed E-state index contributed by atoms with van der Waals surface area (Å²) in [6.45, 7) is 2.43. The number of nitrogens with two attached hydrogens (primary N) is 1. The zero-order chi connectivity index (χ0) is 13.8. The van der Waals surface area contributed by atoms with Gasteiger partial charge in [0.2, 0.25) is 0 Å². The summed E-state index contributed by atoms with van der Waals surface area (Å²) in [5, 5.41) is 11.2. The van der Waals surface area contributed by atoms with E-state index < -0.39 is 6.10 Å². The highest BCUT2D eigenvalue weighted by molar-refractivity contribution is 6.30. The Morgan fingerprint density at radius 2 is 1.79 bits per heavy atom. The van der Waals surface area contributed by atoms with Crippen molar-refractivity contribution in [2.45, 2.75) is 18.9 Å². The molecule has 0 saturated heterocycles. The van der Waals surface area contributed by atoms with Crippen LogP contribution in [0, 0.1) is 6.92 Å². The van der Waals surface area contributed by atoms with Crippen LogP contribution in [0.4, 0.5) is 0 Å². The van der Waals surface area contributed by atoms with Crippen molar-refractivity contribution in [2.24, 2.45) is 5.73 Å². The molecule has 0 amide bonds. The van der Waals surface area contributed by atoms with Crippen LogP contribution in [-0.4, -0.2) is 11.7 Å². The number of aliphatic hydroxyl groups excluding tert-OH is 1. The number of halogens is 1. The Bertz CT molecular complexity index is 539. The van der Waals surface area contributed by atoms with Crippen molar-refractivity contribution in [1.29, 1.82) is 0 Å². The smallest absolute Gasteiger partial charge is 0.0870 e. The predicted molar refractivity (Wildman–Crippen MR) is 79.4 cm³/mol. The van der Waals surface area contributed by atoms with Crippen molar-refractivity contribution in [2.75, 3.05) is 6.54 Å². The van der Waals surface area contributed by atoms with Gasteiger partial charge in [-0.1, -0.05) is 53.6 Å². The van der Waals surface area contributed by atoms with Crippen molar-refractivity contribution in [3.05, 3.63) is 70.2 Å². The van der Waals surface area contributed by atoms with Gasteiger partial charge in [-0.05, 0) is 30.2 Å². The second-order valence-corrected chi connectivity index (χ2v) is 5.19. The highest BCUT2D eigenvalue weighted by Crippen LogP contribution is 2.31. The number of rotatable bonds is 4. The fraction of sp³-hybridized carbons (Fsp3) is 0.250. The summed E-state index contributed by atoms with van der Waals surface area (Å²) in [6.07, 6.45) is -0.621. The minimum Gasteiger partial charge on any atom is -0.388 e. The maximum atomic E-state index is 10.5. The minimum absolute atomic E-state index is 0.110. The molecule has 3 heteroatoms. The molecule has 3 N–H and O–H groups in total. The van der Waals surface area contributed by atoms with Crippen LogP contribution in [0.2, 0.25) is 5.02 Å². The van der Waals surface area contributed by atoms with Crippen LogP contribution in [0.15, 0.2) is 48.5 Å². The molecule has 2 aromatic carbocycles. The summed E-state index contributed by atoms with van der Waals surface area (Å²) >= 11 is 5.86. The lowest BCUT2D eigenvalue weighted by atomic mass is 9.88. The Labute approximate surface area is 118 Å². The molecule has 19 heavy (non-hydrogen) atoms. The summed E-state index contributed by atoms with van der Waals surface area (Å²) in [7, 11) is 0. The Balaban J connectivity index is 2.28. The van der Waals surface area contributed by atoms with Crippen molar-refractivity contribution in [3.63, 3.8) is 0 Å². The van der Waals surface area contributed by atoms with E-state index in [1.165, 1.54) is 5.56 Å². The zero-order valence-corrected chi connectivity index (χ0v) is 11.6. The fourth-order valence-corrected chi connectivity index (χ4v) is 2.37. The monoisotopic (exact) mass is 275 g/mol. The number of aryl methyl sites for hydroxylation is 1. The predicted octanol–water partition coefficient (Wildman–Crippen LogP) is 3.42. The largest absolute Gasteiger partial charge is 0.388 e. The van der Waals surface area contributed by atoms with Crippen LogP contribution in [0.3, 0.4) is 0 Å². The van der Waals surface area contributed by atoms with Crippen molar-refractivity contribution < 1.29 is 5.11 Å². The quantitative estimate of drug-likeness (QED) is 0.898. The topological polar surface area (TPSA) is 46.2 Å². The van der Waals surface area contributed by atoms with Gasteiger partial charge in [0.15, 0.2) is 0 Å². The maximum absolute atomic E-state index is 10.5. The molecule has 0 spiro atoms. The van der Waals surface area contributed by atoms with Crippen LogP contribution in [0.5, 0.6) is 0 Å². The van der Waals surface area contributed by atoms with Gasteiger partial charge in [0.25, 0.3) is 0 Å². The second-order valence-electron chi connectivity index (χ2n) is 4.75. The highest BCUT2D eigenvalue weighted by atomic mass is 35.5. The first-order valence-electron chi connectivity index (χ1n) is 6.32. The number of benzene rings is 2. The third-order valence-corrected chi connectivity index (χ3v) is 3.57. The van der Waals surface area contributed by atoms with Crippen molar-refractivity contribution in [3.8, 4) is 0 Å². The number of hydrogen-bond donors (Lipinski definition) is 2. The summed E-state index contributed by atoms with van der Waals surface area (Å²) in [5.74, 6) is -0.110. The average Bonchev–Trinajstić information content (AvgIpc) is 2.40. The molecule has 2 aromatic rings. The first kappa shape index (κ1) is 14.1. The molecule has 0 aromatic heterocycles. The Morgan fingerprint density at radius 3 is 2.37 bits per heavy atom. The summed E-state index contributed by atoms with van der Waals surface area (Å²) in [6, 6.07) is 15.3. The molecule has 2 unspecified atom stereocenters. The number of hydrogen-bond acceptors (Lipinski definition) is 2.